The van der Waals surface area contributed by atoms with Crippen molar-refractivity contribution in [2.75, 3.05) is 0 Å². The molecule has 1 saturated carbocycles. The molecule has 2 heteroatoms. The van der Waals surface area contributed by atoms with E-state index in [4.69, 9.17) is 0 Å². The number of benzene rings is 1. The predicted octanol–water partition coefficient (Wildman–Crippen LogP) is 3.10. The summed E-state index contributed by atoms with van der Waals surface area (Å²) in [6.45, 7) is 2.23. The van der Waals surface area contributed by atoms with Crippen molar-refractivity contribution in [3.8, 4) is 0 Å². The van der Waals surface area contributed by atoms with Crippen molar-refractivity contribution in [2.45, 2.75) is 51.5 Å². The van der Waals surface area contributed by atoms with Crippen molar-refractivity contribution in [3.63, 3.8) is 0 Å². The highest BCUT2D eigenvalue weighted by molar-refractivity contribution is 5.80. The van der Waals surface area contributed by atoms with Crippen molar-refractivity contribution in [1.29, 1.82) is 0 Å². The van der Waals surface area contributed by atoms with Gasteiger partial charge in [-0.1, -0.05) is 31.2 Å². The first-order valence-corrected chi connectivity index (χ1v) is 8.10. The molecule has 2 nitrogen and oxygen atoms in total. The zero-order valence-corrected chi connectivity index (χ0v) is 12.2. The Hall–Kier alpha value is -1.31. The first-order valence-electron chi connectivity index (χ1n) is 8.10. The van der Waals surface area contributed by atoms with Gasteiger partial charge in [0, 0.05) is 17.9 Å². The lowest BCUT2D eigenvalue weighted by atomic mass is 9.65. The molecule has 0 aromatic heterocycles. The molecule has 1 aromatic rings. The third-order valence-electron chi connectivity index (χ3n) is 6.29. The molecule has 3 aliphatic rings. The number of rotatable bonds is 1. The van der Waals surface area contributed by atoms with Crippen LogP contribution in [0.2, 0.25) is 0 Å². The smallest absolute Gasteiger partial charge is 0.220 e. The van der Waals surface area contributed by atoms with Gasteiger partial charge in [-0.3, -0.25) is 4.79 Å². The summed E-state index contributed by atoms with van der Waals surface area (Å²) in [5, 5.41) is 3.28. The van der Waals surface area contributed by atoms with Gasteiger partial charge in [0.2, 0.25) is 5.91 Å². The summed E-state index contributed by atoms with van der Waals surface area (Å²) >= 11 is 0. The number of carbonyl (C=O) groups excluding carboxylic acids is 1. The summed E-state index contributed by atoms with van der Waals surface area (Å²) in [4.78, 5) is 12.1. The van der Waals surface area contributed by atoms with E-state index in [-0.39, 0.29) is 5.41 Å². The van der Waals surface area contributed by atoms with Crippen LogP contribution in [0.25, 0.3) is 0 Å². The summed E-state index contributed by atoms with van der Waals surface area (Å²) in [7, 11) is 0. The van der Waals surface area contributed by atoms with Gasteiger partial charge < -0.3 is 5.32 Å². The van der Waals surface area contributed by atoms with Crippen LogP contribution in [0.15, 0.2) is 24.3 Å². The van der Waals surface area contributed by atoms with Crippen LogP contribution in [0.4, 0.5) is 0 Å². The van der Waals surface area contributed by atoms with Crippen molar-refractivity contribution in [3.05, 3.63) is 35.4 Å². The van der Waals surface area contributed by atoms with Crippen molar-refractivity contribution < 1.29 is 4.79 Å². The Balaban J connectivity index is 1.79. The number of hydrogen-bond donors (Lipinski definition) is 1. The molecule has 1 spiro atoms. The van der Waals surface area contributed by atoms with Crippen LogP contribution in [0, 0.1) is 17.3 Å². The molecule has 1 aromatic carbocycles. The molecule has 20 heavy (non-hydrogen) atoms. The van der Waals surface area contributed by atoms with Crippen molar-refractivity contribution in [1.82, 2.24) is 5.32 Å². The van der Waals surface area contributed by atoms with Gasteiger partial charge in [-0.2, -0.15) is 0 Å². The van der Waals surface area contributed by atoms with E-state index in [1.165, 1.54) is 36.8 Å². The minimum atomic E-state index is 0.241. The number of carbonyl (C=O) groups is 1. The topological polar surface area (TPSA) is 29.1 Å². The monoisotopic (exact) mass is 269 g/mol. The van der Waals surface area contributed by atoms with Crippen LogP contribution in [-0.4, -0.2) is 11.9 Å². The predicted molar refractivity (Wildman–Crippen MR) is 79.3 cm³/mol. The van der Waals surface area contributed by atoms with Gasteiger partial charge in [0.05, 0.1) is 0 Å². The number of fused-ring (bicyclic) bond motifs is 1. The van der Waals surface area contributed by atoms with Gasteiger partial charge in [0.25, 0.3) is 0 Å². The molecule has 4 rings (SSSR count). The summed E-state index contributed by atoms with van der Waals surface area (Å²) in [5.41, 5.74) is 3.31. The van der Waals surface area contributed by atoms with Crippen LogP contribution in [0.5, 0.6) is 0 Å². The highest BCUT2D eigenvalue weighted by atomic mass is 16.2. The second-order valence-electron chi connectivity index (χ2n) is 6.97. The summed E-state index contributed by atoms with van der Waals surface area (Å²) in [6, 6.07) is 9.34. The molecular weight excluding hydrogens is 246 g/mol. The van der Waals surface area contributed by atoms with Crippen LogP contribution in [0.1, 0.15) is 43.7 Å². The maximum Gasteiger partial charge on any atom is 0.220 e. The fraction of sp³-hybridized carbons (Fsp3) is 0.611. The van der Waals surface area contributed by atoms with Gasteiger partial charge >= 0.3 is 0 Å². The molecule has 0 radical (unpaired) electrons. The first-order chi connectivity index (χ1) is 9.74. The Labute approximate surface area is 121 Å². The molecule has 1 N–H and O–H groups in total. The molecule has 1 saturated heterocycles. The van der Waals surface area contributed by atoms with Crippen LogP contribution < -0.4 is 5.32 Å². The van der Waals surface area contributed by atoms with E-state index < -0.39 is 0 Å². The molecule has 2 bridgehead atoms. The normalized spacial score (nSPS) is 38.6. The number of nitrogens with one attached hydrogen (secondary N) is 1. The lowest BCUT2D eigenvalue weighted by molar-refractivity contribution is -0.120. The van der Waals surface area contributed by atoms with E-state index in [9.17, 15) is 4.79 Å². The lowest BCUT2D eigenvalue weighted by Gasteiger charge is -2.39. The van der Waals surface area contributed by atoms with Gasteiger partial charge in [0.15, 0.2) is 0 Å². The maximum absolute atomic E-state index is 12.1. The van der Waals surface area contributed by atoms with Crippen LogP contribution >= 0.6 is 0 Å². The summed E-state index contributed by atoms with van der Waals surface area (Å²) in [5.74, 6) is 1.68. The molecule has 3 unspecified atom stereocenters. The SMILES string of the molecule is CCC1NC(=O)CC12C1CCC2Cc2ccccc2C1. The fourth-order valence-corrected chi connectivity index (χ4v) is 5.46. The molecule has 3 atom stereocenters. The first kappa shape index (κ1) is 12.4. The molecule has 1 aliphatic heterocycles. The Kier molecular flexibility index (Phi) is 2.70. The van der Waals surface area contributed by atoms with Crippen molar-refractivity contribution in [2.24, 2.45) is 17.3 Å². The average Bonchev–Trinajstić information content (AvgIpc) is 2.89. The van der Waals surface area contributed by atoms with E-state index in [0.717, 1.165) is 12.8 Å². The Bertz CT molecular complexity index is 517. The quantitative estimate of drug-likeness (QED) is 0.834. The summed E-state index contributed by atoms with van der Waals surface area (Å²) in [6.07, 6.45) is 6.83. The molecular formula is C18H23NO. The fourth-order valence-electron chi connectivity index (χ4n) is 5.46. The zero-order chi connectivity index (χ0) is 13.7. The van der Waals surface area contributed by atoms with E-state index in [1.54, 1.807) is 0 Å². The van der Waals surface area contributed by atoms with E-state index >= 15 is 0 Å². The van der Waals surface area contributed by atoms with Crippen molar-refractivity contribution >= 4 is 5.91 Å². The largest absolute Gasteiger partial charge is 0.353 e. The average molecular weight is 269 g/mol. The number of amides is 1. The standard InChI is InChI=1S/C18H23NO/c1-2-16-18(11-17(20)19-16)14-7-8-15(18)10-13-6-4-3-5-12(13)9-14/h3-6,14-16H,2,7-11H2,1H3,(H,19,20). The van der Waals surface area contributed by atoms with Gasteiger partial charge in [0.1, 0.15) is 0 Å². The Morgan fingerprint density at radius 2 is 1.75 bits per heavy atom. The van der Waals surface area contributed by atoms with Crippen LogP contribution in [-0.2, 0) is 17.6 Å². The highest BCUT2D eigenvalue weighted by Gasteiger charge is 2.59. The molecule has 2 aliphatic carbocycles. The third kappa shape index (κ3) is 1.54. The minimum absolute atomic E-state index is 0.241. The maximum atomic E-state index is 12.1. The lowest BCUT2D eigenvalue weighted by Crippen LogP contribution is -2.43. The van der Waals surface area contributed by atoms with Crippen LogP contribution in [0.3, 0.4) is 0 Å². The van der Waals surface area contributed by atoms with E-state index in [0.29, 0.717) is 23.8 Å². The highest BCUT2D eigenvalue weighted by Crippen LogP contribution is 2.59. The molecule has 1 amide bonds. The van der Waals surface area contributed by atoms with Gasteiger partial charge in [-0.05, 0) is 55.1 Å². The minimum Gasteiger partial charge on any atom is -0.353 e. The van der Waals surface area contributed by atoms with E-state index in [2.05, 4.69) is 36.5 Å². The van der Waals surface area contributed by atoms with Gasteiger partial charge in [-0.15, -0.1) is 0 Å². The molecule has 106 valence electrons. The summed E-state index contributed by atoms with van der Waals surface area (Å²) < 4.78 is 0. The Morgan fingerprint density at radius 1 is 1.15 bits per heavy atom. The van der Waals surface area contributed by atoms with Gasteiger partial charge in [-0.25, -0.2) is 0 Å². The second-order valence-corrected chi connectivity index (χ2v) is 6.97. The molecule has 1 heterocycles. The zero-order valence-electron chi connectivity index (χ0n) is 12.2. The Morgan fingerprint density at radius 3 is 2.30 bits per heavy atom. The third-order valence-corrected chi connectivity index (χ3v) is 6.29. The second kappa shape index (κ2) is 4.34. The molecule has 2 fully saturated rings. The number of hydrogen-bond acceptors (Lipinski definition) is 1. The van der Waals surface area contributed by atoms with E-state index in [1.807, 2.05) is 0 Å².